The second-order valence-corrected chi connectivity index (χ2v) is 17.4. The molecule has 7 rings (SSSR count). The molecular formula is C44H54F2N6O9. The number of carbonyl (C=O) groups is 3. The first-order chi connectivity index (χ1) is 28.9. The van der Waals surface area contributed by atoms with Crippen molar-refractivity contribution in [3.05, 3.63) is 54.4 Å². The van der Waals surface area contributed by atoms with Gasteiger partial charge in [0.1, 0.15) is 41.1 Å². The van der Waals surface area contributed by atoms with Gasteiger partial charge in [-0.15, -0.1) is 0 Å². The molecule has 17 heteroatoms. The summed E-state index contributed by atoms with van der Waals surface area (Å²) in [5, 5.41) is 0.712. The number of likely N-dealkylation sites (tertiary alicyclic amines) is 1. The summed E-state index contributed by atoms with van der Waals surface area (Å²) < 4.78 is 65.6. The number of hydrogen-bond acceptors (Lipinski definition) is 13. The third-order valence-electron chi connectivity index (χ3n) is 10.4. The monoisotopic (exact) mass is 848 g/mol. The molecule has 0 unspecified atom stereocenters. The van der Waals surface area contributed by atoms with Gasteiger partial charge in [0.2, 0.25) is 0 Å². The molecule has 2 atom stereocenters. The van der Waals surface area contributed by atoms with Gasteiger partial charge in [0, 0.05) is 44.0 Å². The van der Waals surface area contributed by atoms with Crippen LogP contribution in [-0.4, -0.2) is 105 Å². The zero-order chi connectivity index (χ0) is 43.7. The van der Waals surface area contributed by atoms with Crippen molar-refractivity contribution in [2.75, 3.05) is 37.7 Å². The average Bonchev–Trinajstić information content (AvgIpc) is 3.90. The lowest BCUT2D eigenvalue weighted by Crippen LogP contribution is -2.42. The highest BCUT2D eigenvalue weighted by atomic mass is 19.3. The summed E-state index contributed by atoms with van der Waals surface area (Å²) in [6.07, 6.45) is -0.240. The van der Waals surface area contributed by atoms with Crippen LogP contribution in [0.2, 0.25) is 0 Å². The minimum absolute atomic E-state index is 0.0313. The average molecular weight is 849 g/mol. The van der Waals surface area contributed by atoms with Crippen molar-refractivity contribution >= 4 is 57.0 Å². The van der Waals surface area contributed by atoms with Gasteiger partial charge in [-0.05, 0) is 92.0 Å². The van der Waals surface area contributed by atoms with Gasteiger partial charge in [-0.25, -0.2) is 24.4 Å². The lowest BCUT2D eigenvalue weighted by atomic mass is 10.0. The molecule has 15 nitrogen and oxygen atoms in total. The number of nitrogens with zero attached hydrogens (tertiary/aromatic N) is 6. The van der Waals surface area contributed by atoms with Crippen LogP contribution in [-0.2, 0) is 35.1 Å². The first kappa shape index (κ1) is 43.5. The molecule has 0 bridgehead atoms. The first-order valence-corrected chi connectivity index (χ1v) is 20.8. The van der Waals surface area contributed by atoms with Gasteiger partial charge < -0.3 is 37.9 Å². The van der Waals surface area contributed by atoms with Crippen LogP contribution in [0.25, 0.3) is 33.1 Å². The molecule has 0 aliphatic carbocycles. The molecule has 0 N–H and O–H groups in total. The maximum Gasteiger partial charge on any atom is 0.410 e. The van der Waals surface area contributed by atoms with Crippen LogP contribution in [0.15, 0.2) is 52.9 Å². The fourth-order valence-corrected chi connectivity index (χ4v) is 7.73. The molecular weight excluding hydrogens is 795 g/mol. The highest BCUT2D eigenvalue weighted by molar-refractivity contribution is 6.06. The fraction of sp³-hybridized carbons (Fsp3) is 0.545. The lowest BCUT2D eigenvalue weighted by Gasteiger charge is -2.34. The third kappa shape index (κ3) is 9.98. The van der Waals surface area contributed by atoms with E-state index in [-0.39, 0.29) is 57.2 Å². The molecule has 5 aromatic rings. The Balaban J connectivity index is 1.17. The Bertz CT molecular complexity index is 2380. The summed E-state index contributed by atoms with van der Waals surface area (Å²) in [6.45, 7) is 13.2. The number of carbonyl (C=O) groups excluding carboxylic acids is 3. The molecule has 0 radical (unpaired) electrons. The van der Waals surface area contributed by atoms with E-state index in [9.17, 15) is 23.2 Å². The quantitative estimate of drug-likeness (QED) is 0.0635. The second-order valence-electron chi connectivity index (χ2n) is 17.4. The number of anilines is 1. The van der Waals surface area contributed by atoms with Gasteiger partial charge in [0.15, 0.2) is 17.2 Å². The van der Waals surface area contributed by atoms with Crippen molar-refractivity contribution in [2.24, 2.45) is 0 Å². The summed E-state index contributed by atoms with van der Waals surface area (Å²) in [5.41, 5.74) is 1.62. The van der Waals surface area contributed by atoms with E-state index in [1.54, 1.807) is 30.6 Å². The molecule has 2 fully saturated rings. The Morgan fingerprint density at radius 2 is 1.61 bits per heavy atom. The summed E-state index contributed by atoms with van der Waals surface area (Å²) >= 11 is 0. The summed E-state index contributed by atoms with van der Waals surface area (Å²) in [5.74, 6) is -5.13. The standard InChI is InChI=1S/C44H54F2N6O9/c1-8-57-39(54)44(45,46)20-13-23-56-26-34-48-35-29-14-9-12-17-33(29)59-36(35)37(49-34)51-25-28(24-32(51)38(53)60-42(2,3)4)58-40-47-30-15-10-11-16-31(30)52(40)27-18-21-50(22-19-27)41(55)61-43(5,6)7/h9-12,14-17,27-28,32H,8,13,18-26H2,1-7H3/t28-,32-/m0/s1. The number of imidazole rings is 1. The number of aromatic nitrogens is 4. The number of benzene rings is 2. The number of furan rings is 1. The van der Waals surface area contributed by atoms with Gasteiger partial charge in [-0.1, -0.05) is 24.3 Å². The van der Waals surface area contributed by atoms with Crippen LogP contribution >= 0.6 is 0 Å². The van der Waals surface area contributed by atoms with E-state index in [0.717, 1.165) is 11.0 Å². The maximum absolute atomic E-state index is 14.3. The molecule has 0 saturated carbocycles. The molecule has 2 aliphatic rings. The molecule has 3 aromatic heterocycles. The van der Waals surface area contributed by atoms with E-state index in [1.807, 2.05) is 69.3 Å². The van der Waals surface area contributed by atoms with Gasteiger partial charge in [0.05, 0.1) is 24.2 Å². The predicted molar refractivity (Wildman–Crippen MR) is 222 cm³/mol. The van der Waals surface area contributed by atoms with Crippen LogP contribution in [0.1, 0.15) is 92.4 Å². The predicted octanol–water partition coefficient (Wildman–Crippen LogP) is 8.16. The topological polar surface area (TPSA) is 161 Å². The maximum atomic E-state index is 14.3. The van der Waals surface area contributed by atoms with Crippen LogP contribution in [0, 0.1) is 0 Å². The Kier molecular flexibility index (Phi) is 12.4. The van der Waals surface area contributed by atoms with Crippen LogP contribution in [0.4, 0.5) is 19.4 Å². The number of rotatable bonds is 13. The SMILES string of the molecule is CCOC(=O)C(F)(F)CCCOCc1nc(N2C[C@@H](Oc3nc4ccccc4n3C3CCN(C(=O)OC(C)(C)C)CC3)C[C@H]2C(=O)OC(C)(C)C)c2oc3ccccc3c2n1. The molecule has 2 aliphatic heterocycles. The number of ether oxygens (including phenoxy) is 5. The Morgan fingerprint density at radius 1 is 0.902 bits per heavy atom. The Morgan fingerprint density at radius 3 is 2.33 bits per heavy atom. The Hall–Kier alpha value is -5.58. The number of fused-ring (bicyclic) bond motifs is 4. The fourth-order valence-electron chi connectivity index (χ4n) is 7.73. The number of hydrogen-bond donors (Lipinski definition) is 0. The zero-order valence-electron chi connectivity index (χ0n) is 35.7. The first-order valence-electron chi connectivity index (χ1n) is 20.8. The van der Waals surface area contributed by atoms with E-state index in [1.165, 1.54) is 6.92 Å². The molecule has 5 heterocycles. The van der Waals surface area contributed by atoms with Crippen molar-refractivity contribution < 1.29 is 51.3 Å². The van der Waals surface area contributed by atoms with E-state index < -0.39 is 47.6 Å². The van der Waals surface area contributed by atoms with Crippen molar-refractivity contribution in [1.82, 2.24) is 24.4 Å². The van der Waals surface area contributed by atoms with Crippen molar-refractivity contribution in [3.63, 3.8) is 0 Å². The summed E-state index contributed by atoms with van der Waals surface area (Å²) in [7, 11) is 0. The van der Waals surface area contributed by atoms with Gasteiger partial charge in [0.25, 0.3) is 6.01 Å². The molecule has 61 heavy (non-hydrogen) atoms. The van der Waals surface area contributed by atoms with Crippen molar-refractivity contribution in [1.29, 1.82) is 0 Å². The Labute approximate surface area is 352 Å². The van der Waals surface area contributed by atoms with E-state index in [4.69, 9.17) is 38.3 Å². The largest absolute Gasteiger partial charge is 0.462 e. The van der Waals surface area contributed by atoms with Gasteiger partial charge in [-0.3, -0.25) is 4.57 Å². The number of alkyl halides is 2. The second kappa shape index (κ2) is 17.4. The summed E-state index contributed by atoms with van der Waals surface area (Å²) in [6, 6.07) is 14.7. The molecule has 328 valence electrons. The van der Waals surface area contributed by atoms with E-state index in [2.05, 4.69) is 9.30 Å². The molecule has 2 aromatic carbocycles. The molecule has 1 amide bonds. The highest BCUT2D eigenvalue weighted by Gasteiger charge is 2.44. The number of amides is 1. The number of para-hydroxylation sites is 3. The third-order valence-corrected chi connectivity index (χ3v) is 10.4. The van der Waals surface area contributed by atoms with Crippen LogP contribution in [0.5, 0.6) is 6.01 Å². The van der Waals surface area contributed by atoms with E-state index in [0.29, 0.717) is 59.8 Å². The van der Waals surface area contributed by atoms with Crippen LogP contribution in [0.3, 0.4) is 0 Å². The zero-order valence-corrected chi connectivity index (χ0v) is 35.7. The smallest absolute Gasteiger partial charge is 0.410 e. The van der Waals surface area contributed by atoms with Crippen molar-refractivity contribution in [2.45, 2.75) is 122 Å². The lowest BCUT2D eigenvalue weighted by molar-refractivity contribution is -0.172. The molecule has 0 spiro atoms. The van der Waals surface area contributed by atoms with E-state index >= 15 is 0 Å². The number of halogens is 2. The minimum Gasteiger partial charge on any atom is -0.462 e. The minimum atomic E-state index is -3.63. The normalized spacial score (nSPS) is 18.0. The number of esters is 2. The van der Waals surface area contributed by atoms with Gasteiger partial charge in [-0.2, -0.15) is 13.8 Å². The highest BCUT2D eigenvalue weighted by Crippen LogP contribution is 2.39. The molecule has 2 saturated heterocycles. The summed E-state index contributed by atoms with van der Waals surface area (Å²) in [4.78, 5) is 56.8. The van der Waals surface area contributed by atoms with Gasteiger partial charge >= 0.3 is 24.0 Å². The number of piperidine rings is 1. The van der Waals surface area contributed by atoms with Crippen molar-refractivity contribution in [3.8, 4) is 6.01 Å². The van der Waals surface area contributed by atoms with Crippen LogP contribution < -0.4 is 9.64 Å².